The summed E-state index contributed by atoms with van der Waals surface area (Å²) in [5.41, 5.74) is 1.72. The zero-order chi connectivity index (χ0) is 17.2. The predicted molar refractivity (Wildman–Crippen MR) is 99.8 cm³/mol. The molecule has 1 saturated heterocycles. The van der Waals surface area contributed by atoms with E-state index in [0.717, 1.165) is 42.4 Å². The molecule has 1 aromatic carbocycles. The fourth-order valence-electron chi connectivity index (χ4n) is 3.31. The molecule has 0 bridgehead atoms. The molecule has 2 aromatic rings. The highest BCUT2D eigenvalue weighted by molar-refractivity contribution is 7.10. The Morgan fingerprint density at radius 2 is 2.24 bits per heavy atom. The Morgan fingerprint density at radius 1 is 1.36 bits per heavy atom. The van der Waals surface area contributed by atoms with Gasteiger partial charge in [0.2, 0.25) is 0 Å². The zero-order valence-corrected chi connectivity index (χ0v) is 15.2. The van der Waals surface area contributed by atoms with Gasteiger partial charge in [0.05, 0.1) is 12.1 Å². The first-order chi connectivity index (χ1) is 12.2. The summed E-state index contributed by atoms with van der Waals surface area (Å²) in [4.78, 5) is 19.3. The number of ether oxygens (including phenoxy) is 1. The number of thiazole rings is 1. The normalized spacial score (nSPS) is 20.4. The highest BCUT2D eigenvalue weighted by Gasteiger charge is 2.28. The van der Waals surface area contributed by atoms with Gasteiger partial charge >= 0.3 is 0 Å². The van der Waals surface area contributed by atoms with Crippen LogP contribution in [0.15, 0.2) is 29.6 Å². The number of aromatic nitrogens is 1. The van der Waals surface area contributed by atoms with Gasteiger partial charge in [-0.3, -0.25) is 4.79 Å². The zero-order valence-electron chi connectivity index (χ0n) is 14.4. The summed E-state index contributed by atoms with van der Waals surface area (Å²) >= 11 is 1.62. The molecule has 5 nitrogen and oxygen atoms in total. The van der Waals surface area contributed by atoms with Gasteiger partial charge in [-0.15, -0.1) is 11.3 Å². The van der Waals surface area contributed by atoms with Gasteiger partial charge in [-0.1, -0.05) is 6.07 Å². The van der Waals surface area contributed by atoms with Gasteiger partial charge in [-0.25, -0.2) is 4.98 Å². The summed E-state index contributed by atoms with van der Waals surface area (Å²) in [5, 5.41) is 6.18. The maximum absolute atomic E-state index is 12.5. The van der Waals surface area contributed by atoms with Crippen molar-refractivity contribution in [3.63, 3.8) is 0 Å². The Kier molecular flexibility index (Phi) is 4.61. The number of methoxy groups -OCH3 is 1. The lowest BCUT2D eigenvalue weighted by atomic mass is 10.0. The number of piperidine rings is 1. The summed E-state index contributed by atoms with van der Waals surface area (Å²) in [7, 11) is 1.68. The molecule has 1 aliphatic heterocycles. The molecular formula is C19H23N3O2S. The third-order valence-electron chi connectivity index (χ3n) is 4.86. The molecule has 132 valence electrons. The predicted octanol–water partition coefficient (Wildman–Crippen LogP) is 3.43. The van der Waals surface area contributed by atoms with Crippen LogP contribution in [0.1, 0.15) is 47.1 Å². The molecule has 1 aliphatic carbocycles. The van der Waals surface area contributed by atoms with Gasteiger partial charge in [-0.2, -0.15) is 0 Å². The van der Waals surface area contributed by atoms with E-state index in [1.54, 1.807) is 18.4 Å². The molecule has 1 amide bonds. The molecule has 0 spiro atoms. The molecule has 1 aromatic heterocycles. The summed E-state index contributed by atoms with van der Waals surface area (Å²) in [6.45, 7) is 1.82. The Bertz CT molecular complexity index is 757. The van der Waals surface area contributed by atoms with Gasteiger partial charge in [-0.05, 0) is 37.8 Å². The second kappa shape index (κ2) is 7.04. The van der Waals surface area contributed by atoms with Gasteiger partial charge in [0.15, 0.2) is 0 Å². The molecule has 4 rings (SSSR count). The molecule has 0 unspecified atom stereocenters. The van der Waals surface area contributed by atoms with Gasteiger partial charge in [0.1, 0.15) is 11.4 Å². The largest absolute Gasteiger partial charge is 0.497 e. The number of nitrogens with zero attached hydrogens (tertiary/aromatic N) is 2. The SMILES string of the molecule is COc1cccc(N2CCC[C@H](NC(=O)c3csc(C4CC4)n3)C2)c1. The minimum absolute atomic E-state index is 0.0411. The third kappa shape index (κ3) is 3.79. The van der Waals surface area contributed by atoms with Crippen molar-refractivity contribution in [2.24, 2.45) is 0 Å². The Hall–Kier alpha value is -2.08. The third-order valence-corrected chi connectivity index (χ3v) is 5.86. The fraction of sp³-hybridized carbons (Fsp3) is 0.474. The second-order valence-corrected chi connectivity index (χ2v) is 7.70. The lowest BCUT2D eigenvalue weighted by molar-refractivity contribution is 0.0928. The van der Waals surface area contributed by atoms with Crippen molar-refractivity contribution in [3.05, 3.63) is 40.3 Å². The number of nitrogens with one attached hydrogen (secondary N) is 1. The van der Waals surface area contributed by atoms with E-state index in [9.17, 15) is 4.79 Å². The van der Waals surface area contributed by atoms with Gasteiger partial charge in [0, 0.05) is 42.2 Å². The van der Waals surface area contributed by atoms with Crippen LogP contribution in [0.4, 0.5) is 5.69 Å². The first-order valence-corrected chi connectivity index (χ1v) is 9.76. The van der Waals surface area contributed by atoms with E-state index in [4.69, 9.17) is 4.74 Å². The number of rotatable bonds is 5. The lowest BCUT2D eigenvalue weighted by Crippen LogP contribution is -2.47. The minimum atomic E-state index is -0.0411. The molecule has 1 atom stereocenters. The molecule has 0 radical (unpaired) electrons. The van der Waals surface area contributed by atoms with Crippen molar-refractivity contribution in [1.29, 1.82) is 0 Å². The van der Waals surface area contributed by atoms with Crippen LogP contribution in [0.25, 0.3) is 0 Å². The van der Waals surface area contributed by atoms with Crippen LogP contribution in [0, 0.1) is 0 Å². The molecule has 2 heterocycles. The van der Waals surface area contributed by atoms with E-state index >= 15 is 0 Å². The number of hydrogen-bond acceptors (Lipinski definition) is 5. The smallest absolute Gasteiger partial charge is 0.271 e. The van der Waals surface area contributed by atoms with E-state index in [1.807, 2.05) is 23.6 Å². The molecule has 1 N–H and O–H groups in total. The van der Waals surface area contributed by atoms with Crippen molar-refractivity contribution < 1.29 is 9.53 Å². The molecular weight excluding hydrogens is 334 g/mol. The van der Waals surface area contributed by atoms with Crippen LogP contribution < -0.4 is 15.0 Å². The van der Waals surface area contributed by atoms with Crippen LogP contribution in [0.3, 0.4) is 0 Å². The number of benzene rings is 1. The Labute approximate surface area is 152 Å². The summed E-state index contributed by atoms with van der Waals surface area (Å²) in [6.07, 6.45) is 4.50. The van der Waals surface area contributed by atoms with Crippen LogP contribution in [-0.2, 0) is 0 Å². The maximum atomic E-state index is 12.5. The summed E-state index contributed by atoms with van der Waals surface area (Å²) in [6, 6.07) is 8.25. The number of amides is 1. The molecule has 6 heteroatoms. The van der Waals surface area contributed by atoms with Crippen LogP contribution in [0.2, 0.25) is 0 Å². The van der Waals surface area contributed by atoms with Crippen molar-refractivity contribution in [1.82, 2.24) is 10.3 Å². The van der Waals surface area contributed by atoms with E-state index in [0.29, 0.717) is 11.6 Å². The van der Waals surface area contributed by atoms with E-state index in [2.05, 4.69) is 21.3 Å². The van der Waals surface area contributed by atoms with Crippen molar-refractivity contribution in [2.75, 3.05) is 25.1 Å². The van der Waals surface area contributed by atoms with Crippen molar-refractivity contribution >= 4 is 22.9 Å². The van der Waals surface area contributed by atoms with Crippen LogP contribution in [0.5, 0.6) is 5.75 Å². The van der Waals surface area contributed by atoms with Gasteiger partial charge in [0.25, 0.3) is 5.91 Å². The fourth-order valence-corrected chi connectivity index (χ4v) is 4.28. The maximum Gasteiger partial charge on any atom is 0.271 e. The number of carbonyl (C=O) groups is 1. The van der Waals surface area contributed by atoms with Gasteiger partial charge < -0.3 is 15.0 Å². The first kappa shape index (κ1) is 16.4. The van der Waals surface area contributed by atoms with Crippen LogP contribution in [-0.4, -0.2) is 37.1 Å². The second-order valence-electron chi connectivity index (χ2n) is 6.81. The number of anilines is 1. The Balaban J connectivity index is 1.39. The van der Waals surface area contributed by atoms with E-state index < -0.39 is 0 Å². The topological polar surface area (TPSA) is 54.5 Å². The first-order valence-electron chi connectivity index (χ1n) is 8.88. The Morgan fingerprint density at radius 3 is 3.04 bits per heavy atom. The summed E-state index contributed by atoms with van der Waals surface area (Å²) < 4.78 is 5.32. The number of carbonyl (C=O) groups excluding carboxylic acids is 1. The minimum Gasteiger partial charge on any atom is -0.497 e. The quantitative estimate of drug-likeness (QED) is 0.891. The van der Waals surface area contributed by atoms with E-state index in [-0.39, 0.29) is 11.9 Å². The monoisotopic (exact) mass is 357 g/mol. The van der Waals surface area contributed by atoms with Crippen molar-refractivity contribution in [2.45, 2.75) is 37.6 Å². The number of hydrogen-bond donors (Lipinski definition) is 1. The molecule has 1 saturated carbocycles. The molecule has 2 fully saturated rings. The van der Waals surface area contributed by atoms with Crippen LogP contribution >= 0.6 is 11.3 Å². The van der Waals surface area contributed by atoms with Crippen molar-refractivity contribution in [3.8, 4) is 5.75 Å². The highest BCUT2D eigenvalue weighted by Crippen LogP contribution is 2.41. The lowest BCUT2D eigenvalue weighted by Gasteiger charge is -2.34. The van der Waals surface area contributed by atoms with E-state index in [1.165, 1.54) is 12.8 Å². The average molecular weight is 357 g/mol. The average Bonchev–Trinajstić information content (AvgIpc) is 3.38. The standard InChI is InChI=1S/C19H23N3O2S/c1-24-16-6-2-5-15(10-16)22-9-3-4-14(11-22)20-18(23)17-12-25-19(21-17)13-7-8-13/h2,5-6,10,12-14H,3-4,7-9,11H2,1H3,(H,20,23)/t14-/m0/s1. The molecule has 2 aliphatic rings. The molecule has 25 heavy (non-hydrogen) atoms. The highest BCUT2D eigenvalue weighted by atomic mass is 32.1. The summed E-state index contributed by atoms with van der Waals surface area (Å²) in [5.74, 6) is 1.42.